The summed E-state index contributed by atoms with van der Waals surface area (Å²) in [6.45, 7) is 9.27. The fraction of sp³-hybridized carbons (Fsp3) is 0.960. The average Bonchev–Trinajstić information content (AvgIpc) is 2.97. The highest BCUT2D eigenvalue weighted by atomic mass is 16.3. The molecule has 27 heavy (non-hydrogen) atoms. The van der Waals surface area contributed by atoms with E-state index >= 15 is 0 Å². The van der Waals surface area contributed by atoms with Crippen molar-refractivity contribution in [3.63, 3.8) is 0 Å². The van der Waals surface area contributed by atoms with E-state index in [4.69, 9.17) is 0 Å². The van der Waals surface area contributed by atoms with E-state index in [9.17, 15) is 9.90 Å². The zero-order valence-electron chi connectivity index (χ0n) is 18.2. The monoisotopic (exact) mass is 374 g/mol. The number of aliphatic hydroxyl groups is 1. The molecule has 154 valence electrons. The van der Waals surface area contributed by atoms with Crippen LogP contribution < -0.4 is 0 Å². The first-order chi connectivity index (χ1) is 12.8. The van der Waals surface area contributed by atoms with Gasteiger partial charge >= 0.3 is 0 Å². The number of hydrogen-bond acceptors (Lipinski definition) is 2. The zero-order valence-corrected chi connectivity index (χ0v) is 18.2. The number of fused-ring (bicyclic) bond motifs is 5. The topological polar surface area (TPSA) is 37.3 Å². The lowest BCUT2D eigenvalue weighted by Gasteiger charge is -2.62. The van der Waals surface area contributed by atoms with Gasteiger partial charge in [0, 0.05) is 6.42 Å². The first-order valence-corrected chi connectivity index (χ1v) is 11.9. The average molecular weight is 375 g/mol. The van der Waals surface area contributed by atoms with Gasteiger partial charge in [-0.15, -0.1) is 0 Å². The summed E-state index contributed by atoms with van der Waals surface area (Å²) in [7, 11) is 0. The molecule has 4 saturated carbocycles. The summed E-state index contributed by atoms with van der Waals surface area (Å²) in [6.07, 6.45) is 13.6. The molecule has 0 spiro atoms. The lowest BCUT2D eigenvalue weighted by Crippen LogP contribution is -2.57. The van der Waals surface area contributed by atoms with Crippen molar-refractivity contribution in [2.75, 3.05) is 0 Å². The highest BCUT2D eigenvalue weighted by molar-refractivity contribution is 5.75. The van der Waals surface area contributed by atoms with Crippen molar-refractivity contribution in [3.05, 3.63) is 0 Å². The molecule has 2 heteroatoms. The highest BCUT2D eigenvalue weighted by Gasteiger charge is 2.61. The van der Waals surface area contributed by atoms with E-state index in [0.29, 0.717) is 28.4 Å². The van der Waals surface area contributed by atoms with Crippen molar-refractivity contribution in [2.24, 2.45) is 46.3 Å². The molecule has 9 atom stereocenters. The summed E-state index contributed by atoms with van der Waals surface area (Å²) in [5.74, 6) is 4.72. The highest BCUT2D eigenvalue weighted by Crippen LogP contribution is 2.68. The maximum absolute atomic E-state index is 11.5. The summed E-state index contributed by atoms with van der Waals surface area (Å²) in [5.41, 5.74) is 0.829. The number of ketones is 1. The SMILES string of the molecule is CC(=O)CCC(C)C1CCC2C3C[C@H](O)[C@@H]4CCCC[C@]4(C)C3CC[C@]12C. The summed E-state index contributed by atoms with van der Waals surface area (Å²) in [5, 5.41) is 11.1. The first-order valence-electron chi connectivity index (χ1n) is 11.9. The predicted molar refractivity (Wildman–Crippen MR) is 110 cm³/mol. The van der Waals surface area contributed by atoms with E-state index in [1.54, 1.807) is 6.92 Å². The number of carbonyl (C=O) groups excluding carboxylic acids is 1. The Morgan fingerprint density at radius 1 is 1.00 bits per heavy atom. The Morgan fingerprint density at radius 3 is 2.48 bits per heavy atom. The van der Waals surface area contributed by atoms with E-state index < -0.39 is 0 Å². The van der Waals surface area contributed by atoms with Gasteiger partial charge in [0.25, 0.3) is 0 Å². The first kappa shape index (κ1) is 19.9. The Balaban J connectivity index is 1.55. The van der Waals surface area contributed by atoms with Crippen LogP contribution in [0.5, 0.6) is 0 Å². The van der Waals surface area contributed by atoms with Crippen LogP contribution in [-0.4, -0.2) is 17.0 Å². The number of Topliss-reactive ketones (excluding diaryl/α,β-unsaturated/α-hetero) is 1. The molecule has 0 aromatic heterocycles. The molecule has 0 radical (unpaired) electrons. The van der Waals surface area contributed by atoms with Gasteiger partial charge < -0.3 is 9.90 Å². The van der Waals surface area contributed by atoms with Crippen molar-refractivity contribution in [2.45, 2.75) is 104 Å². The minimum Gasteiger partial charge on any atom is -0.393 e. The van der Waals surface area contributed by atoms with Crippen LogP contribution in [0.1, 0.15) is 98.3 Å². The van der Waals surface area contributed by atoms with Gasteiger partial charge in [-0.2, -0.15) is 0 Å². The predicted octanol–water partition coefficient (Wildman–Crippen LogP) is 6.01. The van der Waals surface area contributed by atoms with Gasteiger partial charge in [0.15, 0.2) is 0 Å². The molecule has 0 saturated heterocycles. The number of carbonyl (C=O) groups is 1. The zero-order chi connectivity index (χ0) is 19.4. The van der Waals surface area contributed by atoms with Gasteiger partial charge in [0.2, 0.25) is 0 Å². The molecule has 4 aliphatic carbocycles. The second-order valence-electron chi connectivity index (χ2n) is 11.5. The Labute approximate surface area is 166 Å². The molecule has 0 aromatic rings. The van der Waals surface area contributed by atoms with Crippen molar-refractivity contribution < 1.29 is 9.90 Å². The molecule has 5 unspecified atom stereocenters. The maximum Gasteiger partial charge on any atom is 0.129 e. The molecule has 0 aliphatic heterocycles. The molecule has 2 nitrogen and oxygen atoms in total. The standard InChI is InChI=1S/C25H42O2/c1-16(8-9-17(2)26)19-10-11-20-18-15-23(27)22-7-5-6-13-24(22,3)21(18)12-14-25(19,20)4/h16,18-23,27H,5-15H2,1-4H3/t16?,18?,19?,20?,21?,22-,23-,24+,25+/m0/s1. The smallest absolute Gasteiger partial charge is 0.129 e. The van der Waals surface area contributed by atoms with Crippen LogP contribution in [0.15, 0.2) is 0 Å². The molecule has 4 fully saturated rings. The van der Waals surface area contributed by atoms with E-state index in [0.717, 1.165) is 42.9 Å². The summed E-state index contributed by atoms with van der Waals surface area (Å²) in [4.78, 5) is 11.5. The van der Waals surface area contributed by atoms with Crippen molar-refractivity contribution in [1.29, 1.82) is 0 Å². The number of hydrogen-bond donors (Lipinski definition) is 1. The Hall–Kier alpha value is -0.370. The summed E-state index contributed by atoms with van der Waals surface area (Å²) >= 11 is 0. The molecule has 1 N–H and O–H groups in total. The fourth-order valence-electron chi connectivity index (χ4n) is 8.96. The quantitative estimate of drug-likeness (QED) is 0.654. The molecule has 0 aromatic carbocycles. The Morgan fingerprint density at radius 2 is 1.74 bits per heavy atom. The van der Waals surface area contributed by atoms with Crippen molar-refractivity contribution >= 4 is 5.78 Å². The number of rotatable bonds is 4. The molecular formula is C25H42O2. The third-order valence-electron chi connectivity index (χ3n) is 10.3. The summed E-state index contributed by atoms with van der Waals surface area (Å²) < 4.78 is 0. The van der Waals surface area contributed by atoms with Crippen LogP contribution in [0.25, 0.3) is 0 Å². The second kappa shape index (κ2) is 7.15. The van der Waals surface area contributed by atoms with Gasteiger partial charge in [0.05, 0.1) is 6.10 Å². The Kier molecular flexibility index (Phi) is 5.28. The van der Waals surface area contributed by atoms with Crippen molar-refractivity contribution in [3.8, 4) is 0 Å². The third kappa shape index (κ3) is 3.13. The molecule has 4 rings (SSSR count). The fourth-order valence-corrected chi connectivity index (χ4v) is 8.96. The van der Waals surface area contributed by atoms with E-state index in [1.165, 1.54) is 51.4 Å². The van der Waals surface area contributed by atoms with Gasteiger partial charge in [-0.1, -0.05) is 33.6 Å². The molecule has 0 heterocycles. The Bertz CT molecular complexity index is 571. The second-order valence-corrected chi connectivity index (χ2v) is 11.5. The minimum atomic E-state index is -0.0620. The van der Waals surface area contributed by atoms with Crippen LogP contribution in [0.3, 0.4) is 0 Å². The van der Waals surface area contributed by atoms with Crippen LogP contribution in [0.4, 0.5) is 0 Å². The minimum absolute atomic E-state index is 0.0620. The molecule has 0 amide bonds. The van der Waals surface area contributed by atoms with Gasteiger partial charge in [-0.05, 0) is 105 Å². The molecule has 4 aliphatic rings. The van der Waals surface area contributed by atoms with E-state index in [1.807, 2.05) is 0 Å². The summed E-state index contributed by atoms with van der Waals surface area (Å²) in [6, 6.07) is 0. The van der Waals surface area contributed by atoms with Crippen LogP contribution in [-0.2, 0) is 4.79 Å². The largest absolute Gasteiger partial charge is 0.393 e. The lowest BCUT2D eigenvalue weighted by molar-refractivity contribution is -0.159. The van der Waals surface area contributed by atoms with E-state index in [-0.39, 0.29) is 6.10 Å². The lowest BCUT2D eigenvalue weighted by atomic mass is 9.44. The van der Waals surface area contributed by atoms with Gasteiger partial charge in [-0.3, -0.25) is 0 Å². The number of aliphatic hydroxyl groups excluding tert-OH is 1. The molecular weight excluding hydrogens is 332 g/mol. The maximum atomic E-state index is 11.5. The van der Waals surface area contributed by atoms with Crippen LogP contribution >= 0.6 is 0 Å². The third-order valence-corrected chi connectivity index (χ3v) is 10.3. The van der Waals surface area contributed by atoms with Gasteiger partial charge in [-0.25, -0.2) is 0 Å². The van der Waals surface area contributed by atoms with Gasteiger partial charge in [0.1, 0.15) is 5.78 Å². The van der Waals surface area contributed by atoms with Crippen LogP contribution in [0.2, 0.25) is 0 Å². The van der Waals surface area contributed by atoms with Crippen molar-refractivity contribution in [1.82, 2.24) is 0 Å². The molecule has 0 bridgehead atoms. The normalized spacial score (nSPS) is 50.4. The van der Waals surface area contributed by atoms with E-state index in [2.05, 4.69) is 20.8 Å². The van der Waals surface area contributed by atoms with Crippen LogP contribution in [0, 0.1) is 46.3 Å².